The molecule has 0 bridgehead atoms. The van der Waals surface area contributed by atoms with Crippen LogP contribution in [0.25, 0.3) is 0 Å². The van der Waals surface area contributed by atoms with Gasteiger partial charge in [0.2, 0.25) is 0 Å². The van der Waals surface area contributed by atoms with Gasteiger partial charge in [0.15, 0.2) is 0 Å². The fraction of sp³-hybridized carbons (Fsp3) is 0.883. The summed E-state index contributed by atoms with van der Waals surface area (Å²) in [6.07, 6.45) is 41.0. The smallest absolute Gasteiger partial charge is 0.405 e. The van der Waals surface area contributed by atoms with Crippen molar-refractivity contribution in [1.82, 2.24) is 9.99 Å². The first-order valence-electron chi connectivity index (χ1n) is 29.8. The minimum absolute atomic E-state index is 0.0835. The number of unbranched alkanes of at least 4 members (excludes halogenated alkanes) is 22. The molecular weight excluding hydrogens is 940 g/mol. The Bertz CT molecular complexity index is 1360. The zero-order valence-corrected chi connectivity index (χ0v) is 50.3. The lowest BCUT2D eigenvalue weighted by Crippen LogP contribution is -2.26. The van der Waals surface area contributed by atoms with Gasteiger partial charge in [0.25, 0.3) is 0 Å². The SMILES string of the molecule is CCCCCCCCCC(CCCCCCCCOP(=O)(NCCN(C)C)OCCCCCCCCCC(CCCCCCCC)SCCCOC)SCCCOC(=O)CC(C)c1ccc(C(C)C)cc1. The second-order valence-electron chi connectivity index (χ2n) is 21.3. The van der Waals surface area contributed by atoms with Gasteiger partial charge >= 0.3 is 13.7 Å². The van der Waals surface area contributed by atoms with Crippen molar-refractivity contribution in [1.29, 1.82) is 0 Å². The summed E-state index contributed by atoms with van der Waals surface area (Å²) in [7, 11) is 2.53. The molecule has 1 aromatic carbocycles. The van der Waals surface area contributed by atoms with Gasteiger partial charge in [-0.2, -0.15) is 23.5 Å². The lowest BCUT2D eigenvalue weighted by atomic mass is 9.94. The Morgan fingerprint density at radius 3 is 1.35 bits per heavy atom. The number of carbonyl (C=O) groups is 1. The Morgan fingerprint density at radius 1 is 0.549 bits per heavy atom. The molecule has 0 spiro atoms. The van der Waals surface area contributed by atoms with E-state index in [9.17, 15) is 9.36 Å². The van der Waals surface area contributed by atoms with E-state index in [0.717, 1.165) is 62.7 Å². The first kappa shape index (κ1) is 68.4. The number of likely N-dealkylation sites (N-methyl/N-ethyl adjacent to an activating group) is 1. The van der Waals surface area contributed by atoms with Crippen molar-refractivity contribution < 1.29 is 27.9 Å². The minimum Gasteiger partial charge on any atom is -0.466 e. The van der Waals surface area contributed by atoms with Crippen molar-refractivity contribution in [3.8, 4) is 0 Å². The maximum atomic E-state index is 13.7. The van der Waals surface area contributed by atoms with Crippen LogP contribution in [0.5, 0.6) is 0 Å². The molecule has 4 unspecified atom stereocenters. The molecule has 0 saturated carbocycles. The van der Waals surface area contributed by atoms with Crippen LogP contribution in [0.3, 0.4) is 0 Å². The molecule has 0 radical (unpaired) electrons. The van der Waals surface area contributed by atoms with E-state index in [1.54, 1.807) is 0 Å². The number of benzene rings is 1. The molecule has 1 rings (SSSR count). The summed E-state index contributed by atoms with van der Waals surface area (Å²) in [4.78, 5) is 14.7. The van der Waals surface area contributed by atoms with Crippen LogP contribution in [0.1, 0.15) is 269 Å². The van der Waals surface area contributed by atoms with Gasteiger partial charge in [-0.15, -0.1) is 0 Å². The lowest BCUT2D eigenvalue weighted by molar-refractivity contribution is -0.144. The zero-order valence-electron chi connectivity index (χ0n) is 47.8. The second kappa shape index (κ2) is 49.0. The van der Waals surface area contributed by atoms with Gasteiger partial charge in [0.1, 0.15) is 0 Å². The van der Waals surface area contributed by atoms with Crippen LogP contribution in [0.2, 0.25) is 0 Å². The van der Waals surface area contributed by atoms with E-state index in [4.69, 9.17) is 18.5 Å². The van der Waals surface area contributed by atoms with Gasteiger partial charge in [0, 0.05) is 37.3 Å². The molecule has 0 fully saturated rings. The van der Waals surface area contributed by atoms with Gasteiger partial charge in [-0.3, -0.25) is 13.8 Å². The van der Waals surface area contributed by atoms with Crippen LogP contribution < -0.4 is 5.09 Å². The van der Waals surface area contributed by atoms with E-state index in [-0.39, 0.29) is 11.9 Å². The first-order valence-corrected chi connectivity index (χ1v) is 33.4. The van der Waals surface area contributed by atoms with Crippen LogP contribution in [-0.2, 0) is 27.9 Å². The minimum atomic E-state index is -3.33. The second-order valence-corrected chi connectivity index (χ2v) is 26.0. The summed E-state index contributed by atoms with van der Waals surface area (Å²) in [5.74, 6) is 2.86. The van der Waals surface area contributed by atoms with Gasteiger partial charge in [-0.25, -0.2) is 9.65 Å². The first-order chi connectivity index (χ1) is 34.5. The summed E-state index contributed by atoms with van der Waals surface area (Å²) >= 11 is 4.30. The summed E-state index contributed by atoms with van der Waals surface area (Å²) in [6, 6.07) is 8.70. The van der Waals surface area contributed by atoms with Gasteiger partial charge in [-0.05, 0) is 99.9 Å². The number of nitrogens with one attached hydrogen (secondary N) is 1. The zero-order chi connectivity index (χ0) is 51.9. The van der Waals surface area contributed by atoms with E-state index in [2.05, 4.69) is 92.4 Å². The van der Waals surface area contributed by atoms with Crippen molar-refractivity contribution in [2.75, 3.05) is 72.2 Å². The average molecular weight is 1060 g/mol. The fourth-order valence-electron chi connectivity index (χ4n) is 9.14. The third kappa shape index (κ3) is 42.3. The third-order valence-corrected chi connectivity index (χ3v) is 18.5. The molecular formula is C60H115N2O6PS2. The Kier molecular flexibility index (Phi) is 47.3. The number of ether oxygens (including phenoxy) is 2. The standard InChI is InChI=1S/C60H115N2O6PS2/c1-9-11-13-15-18-24-30-39-59(71-52-36-48-66-60(63)53-55(5)57-43-41-56(42-44-57)54(3)4)40-32-26-20-22-28-34-50-68-69(64,61-45-46-62(6)7)67-49-33-27-21-17-19-25-31-38-58(70-51-35-47-65-8)37-29-23-16-14-12-10-2/h41-44,54-55,58-59H,9-40,45-53H2,1-8H3,(H,61,64). The van der Waals surface area contributed by atoms with Crippen molar-refractivity contribution in [3.05, 3.63) is 35.4 Å². The molecule has 4 atom stereocenters. The highest BCUT2D eigenvalue weighted by Crippen LogP contribution is 2.44. The number of nitrogens with zero attached hydrogens (tertiary/aromatic N) is 1. The van der Waals surface area contributed by atoms with E-state index in [1.165, 1.54) is 184 Å². The Balaban J connectivity index is 2.35. The highest BCUT2D eigenvalue weighted by Gasteiger charge is 2.24. The maximum absolute atomic E-state index is 13.7. The van der Waals surface area contributed by atoms with Crippen LogP contribution in [0.4, 0.5) is 0 Å². The molecule has 8 nitrogen and oxygen atoms in total. The number of carbonyl (C=O) groups excluding carboxylic acids is 1. The van der Waals surface area contributed by atoms with Crippen LogP contribution in [0.15, 0.2) is 24.3 Å². The molecule has 0 heterocycles. The van der Waals surface area contributed by atoms with Crippen molar-refractivity contribution >= 4 is 37.2 Å². The van der Waals surface area contributed by atoms with E-state index in [0.29, 0.717) is 44.0 Å². The normalized spacial score (nSPS) is 14.1. The Hall–Kier alpha value is -0.580. The molecule has 1 aromatic rings. The number of methoxy groups -OCH3 is 1. The molecule has 0 amide bonds. The summed E-state index contributed by atoms with van der Waals surface area (Å²) in [6.45, 7) is 14.8. The molecule has 418 valence electrons. The summed E-state index contributed by atoms with van der Waals surface area (Å²) in [5, 5.41) is 4.64. The number of thioether (sulfide) groups is 2. The maximum Gasteiger partial charge on any atom is 0.405 e. The van der Waals surface area contributed by atoms with Crippen LogP contribution >= 0.6 is 31.3 Å². The van der Waals surface area contributed by atoms with E-state index in [1.807, 2.05) is 21.2 Å². The van der Waals surface area contributed by atoms with Gasteiger partial charge in [-0.1, -0.05) is 213 Å². The molecule has 11 heteroatoms. The van der Waals surface area contributed by atoms with Crippen molar-refractivity contribution in [2.24, 2.45) is 0 Å². The molecule has 1 N–H and O–H groups in total. The lowest BCUT2D eigenvalue weighted by Gasteiger charge is -2.20. The number of rotatable bonds is 54. The number of esters is 1. The van der Waals surface area contributed by atoms with E-state index >= 15 is 0 Å². The predicted octanol–water partition coefficient (Wildman–Crippen LogP) is 18.5. The van der Waals surface area contributed by atoms with E-state index < -0.39 is 7.75 Å². The van der Waals surface area contributed by atoms with Gasteiger partial charge < -0.3 is 14.4 Å². The molecule has 0 aliphatic rings. The largest absolute Gasteiger partial charge is 0.466 e. The monoisotopic (exact) mass is 1050 g/mol. The predicted molar refractivity (Wildman–Crippen MR) is 314 cm³/mol. The summed E-state index contributed by atoms with van der Waals surface area (Å²) in [5.41, 5.74) is 2.53. The number of hydrogen-bond donors (Lipinski definition) is 1. The Morgan fingerprint density at radius 2 is 0.944 bits per heavy atom. The van der Waals surface area contributed by atoms with Crippen molar-refractivity contribution in [3.63, 3.8) is 0 Å². The number of hydrogen-bond acceptors (Lipinski definition) is 9. The quantitative estimate of drug-likeness (QED) is 0.0387. The average Bonchev–Trinajstić information content (AvgIpc) is 3.35. The Labute approximate surface area is 449 Å². The molecule has 0 aliphatic heterocycles. The van der Waals surface area contributed by atoms with Crippen molar-refractivity contribution in [2.45, 2.75) is 269 Å². The van der Waals surface area contributed by atoms with Crippen LogP contribution in [-0.4, -0.2) is 93.6 Å². The molecule has 71 heavy (non-hydrogen) atoms. The highest BCUT2D eigenvalue weighted by atomic mass is 32.2. The topological polar surface area (TPSA) is 86.3 Å². The summed E-state index contributed by atoms with van der Waals surface area (Å²) < 4.78 is 36.7. The third-order valence-electron chi connectivity index (χ3n) is 13.9. The molecule has 0 saturated heterocycles. The molecule has 0 aromatic heterocycles. The highest BCUT2D eigenvalue weighted by molar-refractivity contribution is 8.00. The molecule has 0 aliphatic carbocycles. The van der Waals surface area contributed by atoms with Gasteiger partial charge in [0.05, 0.1) is 26.2 Å². The fourth-order valence-corrected chi connectivity index (χ4v) is 13.1. The van der Waals surface area contributed by atoms with Crippen LogP contribution in [0, 0.1) is 0 Å².